The summed E-state index contributed by atoms with van der Waals surface area (Å²) in [5, 5.41) is 5.41. The smallest absolute Gasteiger partial charge is 0.306 e. The van der Waals surface area contributed by atoms with Gasteiger partial charge in [0, 0.05) is 28.7 Å². The summed E-state index contributed by atoms with van der Waals surface area (Å²) in [6.07, 6.45) is 0.618. The number of benzene rings is 2. The lowest BCUT2D eigenvalue weighted by molar-refractivity contribution is -0.147. The van der Waals surface area contributed by atoms with Crippen molar-refractivity contribution in [3.8, 4) is 0 Å². The molecule has 27 heavy (non-hydrogen) atoms. The van der Waals surface area contributed by atoms with Crippen LogP contribution in [0.1, 0.15) is 24.8 Å². The SMILES string of the molecule is Cc1cccc(NC(=O)COC(=O)CCCC(=O)Nc2ccc(Br)cc2)c1. The second kappa shape index (κ2) is 10.5. The number of hydrogen-bond acceptors (Lipinski definition) is 4. The maximum absolute atomic E-state index is 11.8. The van der Waals surface area contributed by atoms with Crippen LogP contribution in [0.3, 0.4) is 0 Å². The van der Waals surface area contributed by atoms with E-state index in [9.17, 15) is 14.4 Å². The third-order valence-electron chi connectivity index (χ3n) is 3.58. The highest BCUT2D eigenvalue weighted by Gasteiger charge is 2.10. The third-order valence-corrected chi connectivity index (χ3v) is 4.11. The minimum Gasteiger partial charge on any atom is -0.456 e. The molecule has 0 bridgehead atoms. The van der Waals surface area contributed by atoms with Crippen LogP contribution in [-0.4, -0.2) is 24.4 Å². The molecule has 142 valence electrons. The highest BCUT2D eigenvalue weighted by molar-refractivity contribution is 9.10. The van der Waals surface area contributed by atoms with E-state index < -0.39 is 11.9 Å². The lowest BCUT2D eigenvalue weighted by Crippen LogP contribution is -2.21. The van der Waals surface area contributed by atoms with Crippen molar-refractivity contribution < 1.29 is 19.1 Å². The standard InChI is InChI=1S/C20H21BrN2O4/c1-14-4-2-5-17(12-14)23-19(25)13-27-20(26)7-3-6-18(24)22-16-10-8-15(21)9-11-16/h2,4-5,8-12H,3,6-7,13H2,1H3,(H,22,24)(H,23,25). The highest BCUT2D eigenvalue weighted by atomic mass is 79.9. The molecule has 0 aliphatic heterocycles. The Kier molecular flexibility index (Phi) is 8.00. The molecule has 0 aromatic heterocycles. The molecule has 0 aliphatic rings. The summed E-state index contributed by atoms with van der Waals surface area (Å²) in [5.41, 5.74) is 2.37. The van der Waals surface area contributed by atoms with Crippen molar-refractivity contribution in [2.45, 2.75) is 26.2 Å². The Morgan fingerprint density at radius 3 is 2.33 bits per heavy atom. The van der Waals surface area contributed by atoms with E-state index >= 15 is 0 Å². The van der Waals surface area contributed by atoms with Crippen molar-refractivity contribution in [3.63, 3.8) is 0 Å². The highest BCUT2D eigenvalue weighted by Crippen LogP contribution is 2.14. The van der Waals surface area contributed by atoms with Crippen molar-refractivity contribution in [1.82, 2.24) is 0 Å². The van der Waals surface area contributed by atoms with E-state index in [2.05, 4.69) is 26.6 Å². The van der Waals surface area contributed by atoms with Gasteiger partial charge in [-0.15, -0.1) is 0 Å². The Hall–Kier alpha value is -2.67. The van der Waals surface area contributed by atoms with Crippen molar-refractivity contribution in [2.24, 2.45) is 0 Å². The molecule has 0 aliphatic carbocycles. The van der Waals surface area contributed by atoms with Gasteiger partial charge in [-0.1, -0.05) is 28.1 Å². The van der Waals surface area contributed by atoms with E-state index in [-0.39, 0.29) is 25.4 Å². The first-order valence-corrected chi connectivity index (χ1v) is 9.29. The van der Waals surface area contributed by atoms with Gasteiger partial charge in [-0.2, -0.15) is 0 Å². The molecule has 2 aromatic carbocycles. The van der Waals surface area contributed by atoms with Gasteiger partial charge in [-0.25, -0.2) is 0 Å². The van der Waals surface area contributed by atoms with Gasteiger partial charge in [-0.05, 0) is 55.3 Å². The summed E-state index contributed by atoms with van der Waals surface area (Å²) in [4.78, 5) is 35.3. The van der Waals surface area contributed by atoms with Crippen molar-refractivity contribution in [3.05, 3.63) is 58.6 Å². The maximum atomic E-state index is 11.8. The van der Waals surface area contributed by atoms with Gasteiger partial charge in [0.05, 0.1) is 0 Å². The average Bonchev–Trinajstić information content (AvgIpc) is 2.62. The van der Waals surface area contributed by atoms with Crippen LogP contribution in [0.2, 0.25) is 0 Å². The lowest BCUT2D eigenvalue weighted by atomic mass is 10.2. The van der Waals surface area contributed by atoms with E-state index in [0.29, 0.717) is 17.8 Å². The molecule has 0 radical (unpaired) electrons. The monoisotopic (exact) mass is 432 g/mol. The number of amides is 2. The molecule has 7 heteroatoms. The topological polar surface area (TPSA) is 84.5 Å². The Morgan fingerprint density at radius 2 is 1.63 bits per heavy atom. The van der Waals surface area contributed by atoms with E-state index in [1.54, 1.807) is 18.2 Å². The molecule has 0 spiro atoms. The third kappa shape index (κ3) is 8.04. The van der Waals surface area contributed by atoms with Crippen LogP contribution in [0.4, 0.5) is 11.4 Å². The molecule has 2 rings (SSSR count). The van der Waals surface area contributed by atoms with E-state index in [1.165, 1.54) is 0 Å². The van der Waals surface area contributed by atoms with Gasteiger partial charge in [0.15, 0.2) is 6.61 Å². The molecule has 0 atom stereocenters. The van der Waals surface area contributed by atoms with Crippen LogP contribution in [-0.2, 0) is 19.1 Å². The molecule has 0 saturated carbocycles. The first kappa shape index (κ1) is 20.6. The summed E-state index contributed by atoms with van der Waals surface area (Å²) in [7, 11) is 0. The number of aryl methyl sites for hydroxylation is 1. The number of rotatable bonds is 8. The normalized spacial score (nSPS) is 10.1. The van der Waals surface area contributed by atoms with Crippen molar-refractivity contribution in [1.29, 1.82) is 0 Å². The zero-order chi connectivity index (χ0) is 19.6. The number of ether oxygens (including phenoxy) is 1. The second-order valence-corrected chi connectivity index (χ2v) is 6.90. The molecule has 2 amide bonds. The van der Waals surface area contributed by atoms with Crippen LogP contribution >= 0.6 is 15.9 Å². The Labute approximate surface area is 166 Å². The minimum atomic E-state index is -0.508. The Bertz CT molecular complexity index is 806. The van der Waals surface area contributed by atoms with Crippen LogP contribution in [0.25, 0.3) is 0 Å². The molecule has 0 heterocycles. The quantitative estimate of drug-likeness (QED) is 0.616. The predicted octanol–water partition coefficient (Wildman–Crippen LogP) is 4.05. The van der Waals surface area contributed by atoms with E-state index in [4.69, 9.17) is 4.74 Å². The fourth-order valence-corrected chi connectivity index (χ4v) is 2.55. The van der Waals surface area contributed by atoms with Crippen LogP contribution in [0, 0.1) is 6.92 Å². The Balaban J connectivity index is 1.62. The van der Waals surface area contributed by atoms with Crippen LogP contribution in [0.5, 0.6) is 0 Å². The number of nitrogens with one attached hydrogen (secondary N) is 2. The molecule has 6 nitrogen and oxygen atoms in total. The van der Waals surface area contributed by atoms with Gasteiger partial charge in [0.25, 0.3) is 5.91 Å². The van der Waals surface area contributed by atoms with Gasteiger partial charge in [0.2, 0.25) is 5.91 Å². The summed E-state index contributed by atoms with van der Waals surface area (Å²) < 4.78 is 5.86. The molecule has 0 saturated heterocycles. The number of carbonyl (C=O) groups excluding carboxylic acids is 3. The minimum absolute atomic E-state index is 0.0749. The van der Waals surface area contributed by atoms with Gasteiger partial charge in [-0.3, -0.25) is 14.4 Å². The zero-order valence-electron chi connectivity index (χ0n) is 15.0. The first-order valence-electron chi connectivity index (χ1n) is 8.50. The largest absolute Gasteiger partial charge is 0.456 e. The second-order valence-electron chi connectivity index (χ2n) is 5.99. The number of hydrogen-bond donors (Lipinski definition) is 2. The fraction of sp³-hybridized carbons (Fsp3) is 0.250. The first-order chi connectivity index (χ1) is 12.9. The molecule has 2 aromatic rings. The number of carbonyl (C=O) groups is 3. The van der Waals surface area contributed by atoms with Gasteiger partial charge < -0.3 is 15.4 Å². The number of halogens is 1. The Morgan fingerprint density at radius 1 is 0.926 bits per heavy atom. The number of esters is 1. The molecule has 2 N–H and O–H groups in total. The lowest BCUT2D eigenvalue weighted by Gasteiger charge is -2.07. The van der Waals surface area contributed by atoms with Gasteiger partial charge >= 0.3 is 5.97 Å². The average molecular weight is 433 g/mol. The van der Waals surface area contributed by atoms with Gasteiger partial charge in [0.1, 0.15) is 0 Å². The van der Waals surface area contributed by atoms with Crippen LogP contribution < -0.4 is 10.6 Å². The predicted molar refractivity (Wildman–Crippen MR) is 107 cm³/mol. The van der Waals surface area contributed by atoms with Crippen molar-refractivity contribution in [2.75, 3.05) is 17.2 Å². The number of anilines is 2. The molecular formula is C20H21BrN2O4. The maximum Gasteiger partial charge on any atom is 0.306 e. The zero-order valence-corrected chi connectivity index (χ0v) is 16.5. The summed E-state index contributed by atoms with van der Waals surface area (Å²) in [6.45, 7) is 1.57. The summed E-state index contributed by atoms with van der Waals surface area (Å²) in [5.74, 6) is -1.09. The molecule has 0 unspecified atom stereocenters. The fourth-order valence-electron chi connectivity index (χ4n) is 2.29. The van der Waals surface area contributed by atoms with E-state index in [1.807, 2.05) is 37.3 Å². The molecular weight excluding hydrogens is 412 g/mol. The summed E-state index contributed by atoms with van der Waals surface area (Å²) >= 11 is 3.32. The van der Waals surface area contributed by atoms with Crippen molar-refractivity contribution >= 4 is 45.1 Å². The summed E-state index contributed by atoms with van der Waals surface area (Å²) in [6, 6.07) is 14.6. The molecule has 0 fully saturated rings. The van der Waals surface area contributed by atoms with Crippen LogP contribution in [0.15, 0.2) is 53.0 Å². The van der Waals surface area contributed by atoms with E-state index in [0.717, 1.165) is 10.0 Å².